The van der Waals surface area contributed by atoms with Crippen LogP contribution in [0.4, 0.5) is 8.78 Å². The van der Waals surface area contributed by atoms with E-state index in [-0.39, 0.29) is 10.6 Å². The highest BCUT2D eigenvalue weighted by atomic mass is 32.1. The molecule has 0 aromatic carbocycles. The van der Waals surface area contributed by atoms with Crippen LogP contribution in [0.5, 0.6) is 5.75 Å². The summed E-state index contributed by atoms with van der Waals surface area (Å²) in [6.07, 6.45) is 0. The van der Waals surface area contributed by atoms with Gasteiger partial charge in [0.1, 0.15) is 10.6 Å². The third kappa shape index (κ3) is 4.27. The van der Waals surface area contributed by atoms with Crippen LogP contribution in [-0.2, 0) is 0 Å². The lowest BCUT2D eigenvalue weighted by atomic mass is 10.3. The molecule has 17 heavy (non-hydrogen) atoms. The van der Waals surface area contributed by atoms with Gasteiger partial charge in [-0.1, -0.05) is 0 Å². The average molecular weight is 264 g/mol. The van der Waals surface area contributed by atoms with Crippen LogP contribution < -0.4 is 15.4 Å². The van der Waals surface area contributed by atoms with Crippen molar-refractivity contribution < 1.29 is 18.3 Å². The highest BCUT2D eigenvalue weighted by molar-refractivity contribution is 7.14. The maximum Gasteiger partial charge on any atom is 0.387 e. The Hall–Kier alpha value is -1.21. The van der Waals surface area contributed by atoms with Crippen LogP contribution in [0.1, 0.15) is 14.5 Å². The summed E-state index contributed by atoms with van der Waals surface area (Å²) in [4.78, 5) is 12.6. The summed E-state index contributed by atoms with van der Waals surface area (Å²) in [5.41, 5.74) is 0. The molecule has 0 radical (unpaired) electrons. The van der Waals surface area contributed by atoms with E-state index in [4.69, 9.17) is 0 Å². The van der Waals surface area contributed by atoms with Crippen molar-refractivity contribution in [1.82, 2.24) is 10.6 Å². The number of hydrogen-bond acceptors (Lipinski definition) is 4. The number of hydrogen-bond donors (Lipinski definition) is 2. The Morgan fingerprint density at radius 2 is 2.24 bits per heavy atom. The van der Waals surface area contributed by atoms with Gasteiger partial charge >= 0.3 is 6.61 Å². The molecular weight excluding hydrogens is 250 g/mol. The van der Waals surface area contributed by atoms with E-state index in [1.807, 2.05) is 0 Å². The third-order valence-electron chi connectivity index (χ3n) is 1.90. The zero-order valence-corrected chi connectivity index (χ0v) is 10.4. The van der Waals surface area contributed by atoms with Crippen molar-refractivity contribution in [3.63, 3.8) is 0 Å². The number of amides is 1. The molecule has 1 aromatic heterocycles. The molecular formula is C10H14F2N2O2S. The standard InChI is InChI=1S/C10H14F2N2O2S/c1-6-5-7(16-10(11)12)8(17-6)9(15)14-4-3-13-2/h5,10,13H,3-4H2,1-2H3,(H,14,15). The first-order valence-corrected chi connectivity index (χ1v) is 5.84. The number of carbonyl (C=O) groups is 1. The maximum atomic E-state index is 12.1. The summed E-state index contributed by atoms with van der Waals surface area (Å²) >= 11 is 1.13. The Labute approximate surface area is 102 Å². The van der Waals surface area contributed by atoms with Crippen molar-refractivity contribution in [3.05, 3.63) is 15.8 Å². The zero-order valence-electron chi connectivity index (χ0n) is 9.55. The minimum absolute atomic E-state index is 0.0653. The number of likely N-dealkylation sites (N-methyl/N-ethyl adjacent to an activating group) is 1. The fourth-order valence-electron chi connectivity index (χ4n) is 1.21. The van der Waals surface area contributed by atoms with Gasteiger partial charge in [-0.15, -0.1) is 11.3 Å². The SMILES string of the molecule is CNCCNC(=O)c1sc(C)cc1OC(F)F. The third-order valence-corrected chi connectivity index (χ3v) is 2.93. The highest BCUT2D eigenvalue weighted by Crippen LogP contribution is 2.29. The highest BCUT2D eigenvalue weighted by Gasteiger charge is 2.18. The maximum absolute atomic E-state index is 12.1. The van der Waals surface area contributed by atoms with Gasteiger partial charge < -0.3 is 15.4 Å². The number of alkyl halides is 2. The summed E-state index contributed by atoms with van der Waals surface area (Å²) in [7, 11) is 1.76. The number of nitrogens with one attached hydrogen (secondary N) is 2. The summed E-state index contributed by atoms with van der Waals surface area (Å²) in [6, 6.07) is 1.43. The van der Waals surface area contributed by atoms with Crippen molar-refractivity contribution >= 4 is 17.2 Å². The van der Waals surface area contributed by atoms with E-state index in [0.717, 1.165) is 16.2 Å². The van der Waals surface area contributed by atoms with Crippen LogP contribution >= 0.6 is 11.3 Å². The molecule has 0 saturated carbocycles. The molecule has 1 amide bonds. The normalized spacial score (nSPS) is 10.6. The predicted molar refractivity (Wildman–Crippen MR) is 61.9 cm³/mol. The second-order valence-electron chi connectivity index (χ2n) is 3.29. The van der Waals surface area contributed by atoms with E-state index in [9.17, 15) is 13.6 Å². The molecule has 4 nitrogen and oxygen atoms in total. The van der Waals surface area contributed by atoms with Gasteiger partial charge in [0.2, 0.25) is 0 Å². The molecule has 0 bridgehead atoms. The minimum Gasteiger partial charge on any atom is -0.433 e. The quantitative estimate of drug-likeness (QED) is 0.767. The smallest absolute Gasteiger partial charge is 0.387 e. The van der Waals surface area contributed by atoms with Gasteiger partial charge in [0.25, 0.3) is 5.91 Å². The lowest BCUT2D eigenvalue weighted by Gasteiger charge is -2.06. The molecule has 1 heterocycles. The predicted octanol–water partition coefficient (Wildman–Crippen LogP) is 1.61. The van der Waals surface area contributed by atoms with Crippen LogP contribution in [0.3, 0.4) is 0 Å². The number of halogens is 2. The fourth-order valence-corrected chi connectivity index (χ4v) is 2.07. The summed E-state index contributed by atoms with van der Waals surface area (Å²) in [5, 5.41) is 5.47. The van der Waals surface area contributed by atoms with Gasteiger partial charge in [-0.05, 0) is 20.0 Å². The van der Waals surface area contributed by atoms with Crippen LogP contribution in [0.25, 0.3) is 0 Å². The first-order valence-electron chi connectivity index (χ1n) is 5.02. The second kappa shape index (κ2) is 6.51. The van der Waals surface area contributed by atoms with E-state index in [1.54, 1.807) is 14.0 Å². The van der Waals surface area contributed by atoms with Crippen molar-refractivity contribution in [3.8, 4) is 5.75 Å². The molecule has 0 aliphatic rings. The first-order chi connectivity index (χ1) is 8.04. The van der Waals surface area contributed by atoms with Crippen LogP contribution in [0.15, 0.2) is 6.07 Å². The lowest BCUT2D eigenvalue weighted by Crippen LogP contribution is -2.30. The zero-order chi connectivity index (χ0) is 12.8. The summed E-state index contributed by atoms with van der Waals surface area (Å²) in [5.74, 6) is -0.460. The Kier molecular flexibility index (Phi) is 5.30. The molecule has 0 spiro atoms. The molecule has 1 rings (SSSR count). The fraction of sp³-hybridized carbons (Fsp3) is 0.500. The molecule has 0 atom stereocenters. The van der Waals surface area contributed by atoms with Gasteiger partial charge in [0.15, 0.2) is 0 Å². The molecule has 96 valence electrons. The van der Waals surface area contributed by atoms with Crippen LogP contribution in [-0.4, -0.2) is 32.7 Å². The molecule has 0 aliphatic carbocycles. The Morgan fingerprint density at radius 3 is 2.82 bits per heavy atom. The average Bonchev–Trinajstić information content (AvgIpc) is 2.58. The van der Waals surface area contributed by atoms with Crippen molar-refractivity contribution in [2.75, 3.05) is 20.1 Å². The van der Waals surface area contributed by atoms with Gasteiger partial charge in [-0.2, -0.15) is 8.78 Å². The monoisotopic (exact) mass is 264 g/mol. The van der Waals surface area contributed by atoms with Gasteiger partial charge in [-0.3, -0.25) is 4.79 Å². The lowest BCUT2D eigenvalue weighted by molar-refractivity contribution is -0.0498. The van der Waals surface area contributed by atoms with Crippen molar-refractivity contribution in [1.29, 1.82) is 0 Å². The largest absolute Gasteiger partial charge is 0.433 e. The molecule has 0 aliphatic heterocycles. The number of aryl methyl sites for hydroxylation is 1. The van der Waals surface area contributed by atoms with Crippen LogP contribution in [0, 0.1) is 6.92 Å². The summed E-state index contributed by atoms with van der Waals surface area (Å²) in [6.45, 7) is -0.151. The second-order valence-corrected chi connectivity index (χ2v) is 4.54. The number of ether oxygens (including phenoxy) is 1. The molecule has 2 N–H and O–H groups in total. The van der Waals surface area contributed by atoms with Crippen LogP contribution in [0.2, 0.25) is 0 Å². The van der Waals surface area contributed by atoms with Gasteiger partial charge in [-0.25, -0.2) is 0 Å². The van der Waals surface area contributed by atoms with Crippen molar-refractivity contribution in [2.45, 2.75) is 13.5 Å². The van der Waals surface area contributed by atoms with Gasteiger partial charge in [0.05, 0.1) is 0 Å². The summed E-state index contributed by atoms with van der Waals surface area (Å²) < 4.78 is 28.5. The molecule has 0 unspecified atom stereocenters. The van der Waals surface area contributed by atoms with Crippen molar-refractivity contribution in [2.24, 2.45) is 0 Å². The number of thiophene rings is 1. The first kappa shape index (κ1) is 13.9. The Morgan fingerprint density at radius 1 is 1.53 bits per heavy atom. The number of carbonyl (C=O) groups excluding carboxylic acids is 1. The number of rotatable bonds is 6. The van der Waals surface area contributed by atoms with Gasteiger partial charge in [0, 0.05) is 18.0 Å². The Balaban J connectivity index is 2.70. The van der Waals surface area contributed by atoms with E-state index in [2.05, 4.69) is 15.4 Å². The van der Waals surface area contributed by atoms with E-state index >= 15 is 0 Å². The Bertz CT molecular complexity index is 382. The van der Waals surface area contributed by atoms with E-state index in [1.165, 1.54) is 6.07 Å². The molecule has 0 fully saturated rings. The van der Waals surface area contributed by atoms with E-state index in [0.29, 0.717) is 13.1 Å². The topological polar surface area (TPSA) is 50.4 Å². The molecule has 0 saturated heterocycles. The minimum atomic E-state index is -2.92. The van der Waals surface area contributed by atoms with E-state index < -0.39 is 12.5 Å². The molecule has 7 heteroatoms. The molecule has 1 aromatic rings.